The van der Waals surface area contributed by atoms with E-state index in [0.29, 0.717) is 11.5 Å². The average molecular weight is 373 g/mol. The summed E-state index contributed by atoms with van der Waals surface area (Å²) in [5.41, 5.74) is 2.04. The Hall–Kier alpha value is -2.34. The minimum atomic E-state index is -0.797. The second-order valence-corrected chi connectivity index (χ2v) is 7.54. The molecule has 0 bridgehead atoms. The molecule has 6 heteroatoms. The highest BCUT2D eigenvalue weighted by atomic mass is 32.2. The van der Waals surface area contributed by atoms with Crippen LogP contribution in [-0.4, -0.2) is 22.7 Å². The first kappa shape index (κ1) is 18.5. The number of hydrogen-bond donors (Lipinski definition) is 2. The smallest absolute Gasteiger partial charge is 0.304 e. The summed E-state index contributed by atoms with van der Waals surface area (Å²) in [5.74, 6) is 0.0755. The van der Waals surface area contributed by atoms with Gasteiger partial charge in [-0.3, -0.25) is 9.59 Å². The maximum atomic E-state index is 13.1. The van der Waals surface area contributed by atoms with E-state index in [1.807, 2.05) is 24.3 Å². The number of hydrogen-bond acceptors (Lipinski definition) is 3. The molecule has 1 amide bonds. The van der Waals surface area contributed by atoms with Crippen molar-refractivity contribution in [3.63, 3.8) is 0 Å². The van der Waals surface area contributed by atoms with Crippen molar-refractivity contribution in [1.29, 1.82) is 0 Å². The van der Waals surface area contributed by atoms with Gasteiger partial charge in [-0.05, 0) is 48.2 Å². The van der Waals surface area contributed by atoms with Gasteiger partial charge in [-0.25, -0.2) is 4.39 Å². The first-order valence-corrected chi connectivity index (χ1v) is 9.61. The molecular formula is C20H20FNO3S. The van der Waals surface area contributed by atoms with E-state index in [1.165, 1.54) is 12.1 Å². The molecule has 0 saturated heterocycles. The molecule has 1 saturated carbocycles. The first-order chi connectivity index (χ1) is 12.5. The molecule has 0 radical (unpaired) electrons. The Balaban J connectivity index is 1.61. The lowest BCUT2D eigenvalue weighted by Gasteiger charge is -2.16. The summed E-state index contributed by atoms with van der Waals surface area (Å²) in [5, 5.41) is 11.6. The van der Waals surface area contributed by atoms with Crippen LogP contribution in [0.15, 0.2) is 48.5 Å². The van der Waals surface area contributed by atoms with Gasteiger partial charge in [-0.2, -0.15) is 11.8 Å². The predicted octanol–water partition coefficient (Wildman–Crippen LogP) is 4.20. The van der Waals surface area contributed by atoms with Gasteiger partial charge in [-0.1, -0.05) is 24.3 Å². The molecule has 4 nitrogen and oxygen atoms in total. The number of rotatable bonds is 8. The Kier molecular flexibility index (Phi) is 5.61. The fourth-order valence-electron chi connectivity index (χ4n) is 2.88. The molecule has 1 aliphatic rings. The Morgan fingerprint density at radius 2 is 1.88 bits per heavy atom. The van der Waals surface area contributed by atoms with Crippen molar-refractivity contribution >= 4 is 29.3 Å². The molecule has 2 aromatic carbocycles. The number of nitrogens with one attached hydrogen (secondary N) is 1. The van der Waals surface area contributed by atoms with Crippen LogP contribution < -0.4 is 5.32 Å². The number of benzene rings is 2. The number of aliphatic carboxylic acids is 1. The van der Waals surface area contributed by atoms with Crippen LogP contribution in [0.5, 0.6) is 0 Å². The number of carboxylic acid groups (broad SMARTS) is 1. The fourth-order valence-corrected chi connectivity index (χ4v) is 3.76. The van der Waals surface area contributed by atoms with Gasteiger partial charge in [-0.15, -0.1) is 0 Å². The Bertz CT molecular complexity index is 803. The monoisotopic (exact) mass is 373 g/mol. The van der Waals surface area contributed by atoms with E-state index in [9.17, 15) is 14.0 Å². The van der Waals surface area contributed by atoms with E-state index < -0.39 is 11.4 Å². The molecular weight excluding hydrogens is 353 g/mol. The molecule has 1 fully saturated rings. The van der Waals surface area contributed by atoms with Gasteiger partial charge >= 0.3 is 5.97 Å². The molecule has 2 N–H and O–H groups in total. The minimum Gasteiger partial charge on any atom is -0.481 e. The van der Waals surface area contributed by atoms with Crippen LogP contribution in [-0.2, 0) is 20.8 Å². The first-order valence-electron chi connectivity index (χ1n) is 8.46. The van der Waals surface area contributed by atoms with Crippen LogP contribution >= 0.6 is 11.8 Å². The van der Waals surface area contributed by atoms with Gasteiger partial charge in [0.2, 0.25) is 5.91 Å². The summed E-state index contributed by atoms with van der Waals surface area (Å²) in [6.45, 7) is 0. The van der Waals surface area contributed by atoms with Crippen molar-refractivity contribution < 1.29 is 19.1 Å². The van der Waals surface area contributed by atoms with Gasteiger partial charge in [0.1, 0.15) is 5.82 Å². The van der Waals surface area contributed by atoms with Crippen molar-refractivity contribution in [2.75, 3.05) is 11.1 Å². The lowest BCUT2D eigenvalue weighted by molar-refractivity contribution is -0.136. The predicted molar refractivity (Wildman–Crippen MR) is 101 cm³/mol. The Labute approximate surface area is 155 Å². The molecule has 136 valence electrons. The van der Waals surface area contributed by atoms with E-state index in [1.54, 1.807) is 23.9 Å². The third kappa shape index (κ3) is 4.43. The summed E-state index contributed by atoms with van der Waals surface area (Å²) in [4.78, 5) is 23.3. The van der Waals surface area contributed by atoms with Crippen molar-refractivity contribution in [3.8, 4) is 0 Å². The number of halogens is 1. The average Bonchev–Trinajstić information content (AvgIpc) is 3.41. The Morgan fingerprint density at radius 3 is 2.54 bits per heavy atom. The van der Waals surface area contributed by atoms with Crippen LogP contribution in [0, 0.1) is 5.82 Å². The molecule has 0 spiro atoms. The largest absolute Gasteiger partial charge is 0.481 e. The van der Waals surface area contributed by atoms with E-state index in [-0.39, 0.29) is 18.1 Å². The van der Waals surface area contributed by atoms with Crippen LogP contribution in [0.2, 0.25) is 0 Å². The number of carboxylic acids is 1. The van der Waals surface area contributed by atoms with Gasteiger partial charge < -0.3 is 10.4 Å². The molecule has 26 heavy (non-hydrogen) atoms. The highest BCUT2D eigenvalue weighted by Gasteiger charge is 2.51. The number of carbonyl (C=O) groups excluding carboxylic acids is 1. The zero-order valence-electron chi connectivity index (χ0n) is 14.2. The van der Waals surface area contributed by atoms with E-state index in [2.05, 4.69) is 5.32 Å². The topological polar surface area (TPSA) is 66.4 Å². The second-order valence-electron chi connectivity index (χ2n) is 6.44. The van der Waals surface area contributed by atoms with Gasteiger partial charge in [0.05, 0.1) is 11.8 Å². The van der Waals surface area contributed by atoms with Crippen LogP contribution in [0.4, 0.5) is 10.1 Å². The van der Waals surface area contributed by atoms with Crippen LogP contribution in [0.25, 0.3) is 0 Å². The summed E-state index contributed by atoms with van der Waals surface area (Å²) in [7, 11) is 0. The summed E-state index contributed by atoms with van der Waals surface area (Å²) in [6.07, 6.45) is 1.66. The van der Waals surface area contributed by atoms with Crippen LogP contribution in [0.3, 0.4) is 0 Å². The van der Waals surface area contributed by atoms with Gasteiger partial charge in [0.25, 0.3) is 0 Å². The number of carbonyl (C=O) groups is 2. The molecule has 2 aromatic rings. The molecule has 0 unspecified atom stereocenters. The maximum absolute atomic E-state index is 13.1. The van der Waals surface area contributed by atoms with E-state index in [4.69, 9.17) is 5.11 Å². The number of amides is 1. The molecule has 0 aliphatic heterocycles. The van der Waals surface area contributed by atoms with Crippen molar-refractivity contribution in [2.45, 2.75) is 30.4 Å². The molecule has 0 heterocycles. The fraction of sp³-hybridized carbons (Fsp3) is 0.300. The lowest BCUT2D eigenvalue weighted by Crippen LogP contribution is -2.27. The second kappa shape index (κ2) is 7.91. The highest BCUT2D eigenvalue weighted by Crippen LogP contribution is 2.49. The summed E-state index contributed by atoms with van der Waals surface area (Å²) < 4.78 is 13.1. The van der Waals surface area contributed by atoms with E-state index >= 15 is 0 Å². The molecule has 3 rings (SSSR count). The standard InChI is InChI=1S/C20H20FNO3S/c21-16-6-4-15(5-7-16)20(9-10-20)19(25)22-17-3-1-2-14(12-17)13-26-11-8-18(23)24/h1-7,12H,8-11,13H2,(H,22,25)(H,23,24). The molecule has 0 aromatic heterocycles. The zero-order valence-corrected chi connectivity index (χ0v) is 15.0. The van der Waals surface area contributed by atoms with E-state index in [0.717, 1.165) is 29.7 Å². The zero-order chi connectivity index (χ0) is 18.6. The Morgan fingerprint density at radius 1 is 1.15 bits per heavy atom. The van der Waals surface area contributed by atoms with Gasteiger partial charge in [0.15, 0.2) is 0 Å². The molecule has 0 atom stereocenters. The summed E-state index contributed by atoms with van der Waals surface area (Å²) >= 11 is 1.55. The number of thioether (sulfide) groups is 1. The van der Waals surface area contributed by atoms with Crippen molar-refractivity contribution in [1.82, 2.24) is 0 Å². The lowest BCUT2D eigenvalue weighted by atomic mass is 9.95. The highest BCUT2D eigenvalue weighted by molar-refractivity contribution is 7.98. The van der Waals surface area contributed by atoms with Crippen LogP contribution in [0.1, 0.15) is 30.4 Å². The number of anilines is 1. The van der Waals surface area contributed by atoms with Crippen molar-refractivity contribution in [2.24, 2.45) is 0 Å². The third-order valence-electron chi connectivity index (χ3n) is 4.50. The normalized spacial score (nSPS) is 14.7. The maximum Gasteiger partial charge on any atom is 0.304 e. The summed E-state index contributed by atoms with van der Waals surface area (Å²) in [6, 6.07) is 13.7. The van der Waals surface area contributed by atoms with Crippen molar-refractivity contribution in [3.05, 3.63) is 65.5 Å². The quantitative estimate of drug-likeness (QED) is 0.681. The molecule has 1 aliphatic carbocycles. The third-order valence-corrected chi connectivity index (χ3v) is 5.53. The van der Waals surface area contributed by atoms with Gasteiger partial charge in [0, 0.05) is 17.2 Å². The SMILES string of the molecule is O=C(O)CCSCc1cccc(NC(=O)C2(c3ccc(F)cc3)CC2)c1. The minimum absolute atomic E-state index is 0.0696.